The highest BCUT2D eigenvalue weighted by atomic mass is 16.1. The van der Waals surface area contributed by atoms with Crippen LogP contribution in [0.25, 0.3) is 0 Å². The normalized spacial score (nSPS) is 9.80. The standard InChI is InChI=1S/C6H9N3O/c1-9-6(4-10)2-5(3-7)8-9/h2,4H,3,7H2,1H3. The number of carbonyl (C=O) groups excluding carboxylic acids is 1. The van der Waals surface area contributed by atoms with Gasteiger partial charge in [0.15, 0.2) is 6.29 Å². The molecule has 1 aromatic heterocycles. The summed E-state index contributed by atoms with van der Waals surface area (Å²) in [5.74, 6) is 0. The highest BCUT2D eigenvalue weighted by Gasteiger charge is 2.00. The number of aryl methyl sites for hydroxylation is 1. The second-order valence-electron chi connectivity index (χ2n) is 2.01. The van der Waals surface area contributed by atoms with Crippen LogP contribution in [0.15, 0.2) is 6.07 Å². The second-order valence-corrected chi connectivity index (χ2v) is 2.01. The highest BCUT2D eigenvalue weighted by molar-refractivity contribution is 5.72. The molecule has 10 heavy (non-hydrogen) atoms. The van der Waals surface area contributed by atoms with Gasteiger partial charge in [0.2, 0.25) is 0 Å². The molecular weight excluding hydrogens is 130 g/mol. The number of rotatable bonds is 2. The average molecular weight is 139 g/mol. The smallest absolute Gasteiger partial charge is 0.168 e. The van der Waals surface area contributed by atoms with E-state index in [4.69, 9.17) is 5.73 Å². The van der Waals surface area contributed by atoms with Crippen molar-refractivity contribution in [1.82, 2.24) is 9.78 Å². The van der Waals surface area contributed by atoms with E-state index in [1.165, 1.54) is 4.68 Å². The summed E-state index contributed by atoms with van der Waals surface area (Å²) < 4.78 is 1.51. The molecule has 1 aromatic rings. The van der Waals surface area contributed by atoms with Crippen molar-refractivity contribution in [3.05, 3.63) is 17.5 Å². The minimum absolute atomic E-state index is 0.377. The first-order valence-corrected chi connectivity index (χ1v) is 2.96. The van der Waals surface area contributed by atoms with Crippen molar-refractivity contribution < 1.29 is 4.79 Å². The Bertz CT molecular complexity index is 241. The molecular formula is C6H9N3O. The molecule has 0 aliphatic carbocycles. The van der Waals surface area contributed by atoms with Crippen molar-refractivity contribution in [2.24, 2.45) is 12.8 Å². The maximum absolute atomic E-state index is 10.3. The summed E-state index contributed by atoms with van der Waals surface area (Å²) in [6.45, 7) is 0.377. The molecule has 0 saturated heterocycles. The third-order valence-electron chi connectivity index (χ3n) is 1.30. The SMILES string of the molecule is Cn1nc(CN)cc1C=O. The lowest BCUT2D eigenvalue weighted by molar-refractivity contribution is 0.111. The number of nitrogens with two attached hydrogens (primary N) is 1. The lowest BCUT2D eigenvalue weighted by Gasteiger charge is -1.87. The van der Waals surface area contributed by atoms with Crippen LogP contribution >= 0.6 is 0 Å². The van der Waals surface area contributed by atoms with Gasteiger partial charge in [0.25, 0.3) is 0 Å². The first-order chi connectivity index (χ1) is 4.77. The second kappa shape index (κ2) is 2.62. The van der Waals surface area contributed by atoms with Crippen LogP contribution in [0, 0.1) is 0 Å². The van der Waals surface area contributed by atoms with Crippen LogP contribution in [-0.4, -0.2) is 16.1 Å². The van der Waals surface area contributed by atoms with Crippen molar-refractivity contribution in [1.29, 1.82) is 0 Å². The first-order valence-electron chi connectivity index (χ1n) is 2.96. The molecule has 0 aromatic carbocycles. The predicted molar refractivity (Wildman–Crippen MR) is 36.5 cm³/mol. The molecule has 4 heteroatoms. The van der Waals surface area contributed by atoms with E-state index in [-0.39, 0.29) is 0 Å². The third-order valence-corrected chi connectivity index (χ3v) is 1.30. The fourth-order valence-corrected chi connectivity index (χ4v) is 0.753. The van der Waals surface area contributed by atoms with Gasteiger partial charge in [0.05, 0.1) is 5.69 Å². The number of hydrogen-bond acceptors (Lipinski definition) is 3. The van der Waals surface area contributed by atoms with E-state index in [1.54, 1.807) is 13.1 Å². The van der Waals surface area contributed by atoms with Crippen molar-refractivity contribution in [2.75, 3.05) is 0 Å². The Balaban J connectivity index is 3.03. The van der Waals surface area contributed by atoms with E-state index in [0.717, 1.165) is 12.0 Å². The molecule has 0 atom stereocenters. The summed E-state index contributed by atoms with van der Waals surface area (Å²) in [5.41, 5.74) is 6.59. The zero-order valence-corrected chi connectivity index (χ0v) is 5.74. The lowest BCUT2D eigenvalue weighted by Crippen LogP contribution is -1.99. The molecule has 4 nitrogen and oxygen atoms in total. The maximum atomic E-state index is 10.3. The molecule has 0 bridgehead atoms. The van der Waals surface area contributed by atoms with Gasteiger partial charge in [-0.05, 0) is 6.07 Å². The van der Waals surface area contributed by atoms with Gasteiger partial charge < -0.3 is 5.73 Å². The Morgan fingerprint density at radius 2 is 2.60 bits per heavy atom. The number of nitrogens with zero attached hydrogens (tertiary/aromatic N) is 2. The molecule has 1 rings (SSSR count). The van der Waals surface area contributed by atoms with Gasteiger partial charge in [0.1, 0.15) is 5.69 Å². The van der Waals surface area contributed by atoms with Crippen molar-refractivity contribution in [3.63, 3.8) is 0 Å². The summed E-state index contributed by atoms with van der Waals surface area (Å²) in [5, 5.41) is 3.96. The predicted octanol–water partition coefficient (Wildman–Crippen LogP) is -0.309. The summed E-state index contributed by atoms with van der Waals surface area (Å²) in [4.78, 5) is 10.3. The van der Waals surface area contributed by atoms with Gasteiger partial charge in [-0.2, -0.15) is 5.10 Å². The molecule has 0 fully saturated rings. The third kappa shape index (κ3) is 1.06. The minimum atomic E-state index is 0.377. The van der Waals surface area contributed by atoms with Crippen LogP contribution in [0.2, 0.25) is 0 Å². The molecule has 0 saturated carbocycles. The van der Waals surface area contributed by atoms with Gasteiger partial charge in [0, 0.05) is 13.6 Å². The molecule has 0 aliphatic heterocycles. The van der Waals surface area contributed by atoms with Crippen LogP contribution in [-0.2, 0) is 13.6 Å². The molecule has 2 N–H and O–H groups in total. The lowest BCUT2D eigenvalue weighted by atomic mass is 10.4. The number of carbonyl (C=O) groups is 1. The minimum Gasteiger partial charge on any atom is -0.325 e. The van der Waals surface area contributed by atoms with Gasteiger partial charge in [-0.15, -0.1) is 0 Å². The summed E-state index contributed by atoms with van der Waals surface area (Å²) in [6.07, 6.45) is 0.756. The molecule has 0 unspecified atom stereocenters. The van der Waals surface area contributed by atoms with E-state index in [2.05, 4.69) is 5.10 Å². The van der Waals surface area contributed by atoms with Gasteiger partial charge in [-0.25, -0.2) is 0 Å². The Labute approximate surface area is 58.6 Å². The average Bonchev–Trinajstić information content (AvgIpc) is 2.30. The Morgan fingerprint density at radius 1 is 1.90 bits per heavy atom. The van der Waals surface area contributed by atoms with E-state index >= 15 is 0 Å². The molecule has 0 aliphatic rings. The van der Waals surface area contributed by atoms with Crippen LogP contribution in [0.3, 0.4) is 0 Å². The van der Waals surface area contributed by atoms with Crippen LogP contribution in [0.4, 0.5) is 0 Å². The van der Waals surface area contributed by atoms with Gasteiger partial charge in [-0.1, -0.05) is 0 Å². The Morgan fingerprint density at radius 3 is 2.90 bits per heavy atom. The van der Waals surface area contributed by atoms with E-state index in [0.29, 0.717) is 12.2 Å². The van der Waals surface area contributed by atoms with Gasteiger partial charge >= 0.3 is 0 Å². The molecule has 54 valence electrons. The van der Waals surface area contributed by atoms with Crippen molar-refractivity contribution in [2.45, 2.75) is 6.54 Å². The zero-order chi connectivity index (χ0) is 7.56. The fourth-order valence-electron chi connectivity index (χ4n) is 0.753. The Kier molecular flexibility index (Phi) is 1.82. The number of hydrogen-bond donors (Lipinski definition) is 1. The maximum Gasteiger partial charge on any atom is 0.168 e. The number of aldehydes is 1. The zero-order valence-electron chi connectivity index (χ0n) is 5.74. The number of aromatic nitrogens is 2. The monoisotopic (exact) mass is 139 g/mol. The largest absolute Gasteiger partial charge is 0.325 e. The summed E-state index contributed by atoms with van der Waals surface area (Å²) >= 11 is 0. The molecule has 0 spiro atoms. The van der Waals surface area contributed by atoms with Crippen molar-refractivity contribution in [3.8, 4) is 0 Å². The molecule has 0 radical (unpaired) electrons. The van der Waals surface area contributed by atoms with E-state index in [1.807, 2.05) is 0 Å². The summed E-state index contributed by atoms with van der Waals surface area (Å²) in [6, 6.07) is 1.67. The first kappa shape index (κ1) is 6.95. The van der Waals surface area contributed by atoms with E-state index in [9.17, 15) is 4.79 Å². The quantitative estimate of drug-likeness (QED) is 0.572. The van der Waals surface area contributed by atoms with Crippen LogP contribution in [0.5, 0.6) is 0 Å². The molecule has 0 amide bonds. The van der Waals surface area contributed by atoms with Crippen LogP contribution < -0.4 is 5.73 Å². The fraction of sp³-hybridized carbons (Fsp3) is 0.333. The van der Waals surface area contributed by atoms with Crippen molar-refractivity contribution >= 4 is 6.29 Å². The van der Waals surface area contributed by atoms with Crippen LogP contribution in [0.1, 0.15) is 16.2 Å². The van der Waals surface area contributed by atoms with E-state index < -0.39 is 0 Å². The highest BCUT2D eigenvalue weighted by Crippen LogP contribution is 1.97. The topological polar surface area (TPSA) is 60.9 Å². The van der Waals surface area contributed by atoms with Gasteiger partial charge in [-0.3, -0.25) is 9.48 Å². The Hall–Kier alpha value is -1.16. The summed E-state index contributed by atoms with van der Waals surface area (Å²) in [7, 11) is 1.71. The molecule has 1 heterocycles.